The van der Waals surface area contributed by atoms with Gasteiger partial charge in [-0.3, -0.25) is 9.89 Å². The van der Waals surface area contributed by atoms with Gasteiger partial charge in [-0.1, -0.05) is 21.9 Å². The van der Waals surface area contributed by atoms with Crippen molar-refractivity contribution < 1.29 is 9.21 Å². The number of carbonyl (C=O) groups is 1. The van der Waals surface area contributed by atoms with Gasteiger partial charge in [0.05, 0.1) is 5.52 Å². The molecule has 9 nitrogen and oxygen atoms in total. The summed E-state index contributed by atoms with van der Waals surface area (Å²) in [4.78, 5) is 17.2. The monoisotopic (exact) mass is 449 g/mol. The first-order valence-electron chi connectivity index (χ1n) is 10.6. The predicted molar refractivity (Wildman–Crippen MR) is 118 cm³/mol. The lowest BCUT2D eigenvalue weighted by Crippen LogP contribution is -2.43. The molecule has 4 heterocycles. The van der Waals surface area contributed by atoms with Gasteiger partial charge in [-0.2, -0.15) is 0 Å². The largest absolute Gasteiger partial charge is 0.403 e. The van der Waals surface area contributed by atoms with Gasteiger partial charge >= 0.3 is 6.01 Å². The average molecular weight is 450 g/mol. The van der Waals surface area contributed by atoms with Gasteiger partial charge in [0.2, 0.25) is 5.89 Å². The Kier molecular flexibility index (Phi) is 4.57. The maximum absolute atomic E-state index is 13.1. The molecule has 2 aliphatic heterocycles. The molecule has 2 aromatic carbocycles. The van der Waals surface area contributed by atoms with Crippen LogP contribution in [0.2, 0.25) is 5.02 Å². The van der Waals surface area contributed by atoms with Crippen LogP contribution in [0.4, 0.5) is 6.01 Å². The minimum absolute atomic E-state index is 0.0367. The number of halogens is 1. The minimum Gasteiger partial charge on any atom is -0.403 e. The zero-order valence-electron chi connectivity index (χ0n) is 17.1. The van der Waals surface area contributed by atoms with Crippen LogP contribution in [0.3, 0.4) is 0 Å². The number of piperidine rings is 1. The zero-order valence-corrected chi connectivity index (χ0v) is 17.9. The number of nitrogens with one attached hydrogen (secondary N) is 1. The van der Waals surface area contributed by atoms with Gasteiger partial charge in [0.1, 0.15) is 5.52 Å². The maximum atomic E-state index is 13.1. The number of rotatable bonds is 3. The summed E-state index contributed by atoms with van der Waals surface area (Å²) < 4.78 is 5.94. The molecule has 2 atom stereocenters. The predicted octanol–water partition coefficient (Wildman–Crippen LogP) is 3.26. The third kappa shape index (κ3) is 3.38. The van der Waals surface area contributed by atoms with Gasteiger partial charge in [-0.25, -0.2) is 0 Å². The van der Waals surface area contributed by atoms with Crippen molar-refractivity contribution in [1.82, 2.24) is 30.5 Å². The van der Waals surface area contributed by atoms with E-state index in [-0.39, 0.29) is 5.91 Å². The lowest BCUT2D eigenvalue weighted by atomic mass is 9.88. The maximum Gasteiger partial charge on any atom is 0.318 e. The van der Waals surface area contributed by atoms with E-state index in [4.69, 9.17) is 16.0 Å². The van der Waals surface area contributed by atoms with E-state index in [1.54, 1.807) is 18.2 Å². The normalized spacial score (nSPS) is 20.7. The summed E-state index contributed by atoms with van der Waals surface area (Å²) in [5.74, 6) is 1.39. The highest BCUT2D eigenvalue weighted by atomic mass is 35.5. The van der Waals surface area contributed by atoms with Crippen molar-refractivity contribution in [3.8, 4) is 11.5 Å². The number of hydrogen-bond donors (Lipinski definition) is 1. The number of hydrogen-bond acceptors (Lipinski definition) is 7. The quantitative estimate of drug-likeness (QED) is 0.511. The summed E-state index contributed by atoms with van der Waals surface area (Å²) in [5, 5.41) is 19.7. The molecule has 162 valence electrons. The number of likely N-dealkylation sites (tertiary alicyclic amines) is 1. The number of amides is 1. The number of nitrogens with zero attached hydrogens (tertiary/aromatic N) is 6. The fourth-order valence-electron chi connectivity index (χ4n) is 4.72. The molecule has 6 rings (SSSR count). The van der Waals surface area contributed by atoms with Crippen LogP contribution in [0.25, 0.3) is 22.5 Å². The van der Waals surface area contributed by atoms with Crippen molar-refractivity contribution in [1.29, 1.82) is 0 Å². The van der Waals surface area contributed by atoms with Crippen molar-refractivity contribution in [2.75, 3.05) is 31.1 Å². The Balaban J connectivity index is 1.15. The highest BCUT2D eigenvalue weighted by molar-refractivity contribution is 6.30. The summed E-state index contributed by atoms with van der Waals surface area (Å²) >= 11 is 5.96. The second-order valence-corrected chi connectivity index (χ2v) is 8.84. The molecule has 0 aliphatic carbocycles. The third-order valence-corrected chi connectivity index (χ3v) is 6.69. The SMILES string of the molecule is O=C(c1ccc2[nH]nnc2c1)N1CCC2CN(c3nnc(-c4ccc(Cl)cc4)o3)C[C@H]2C1. The van der Waals surface area contributed by atoms with Crippen LogP contribution >= 0.6 is 11.6 Å². The number of anilines is 1. The van der Waals surface area contributed by atoms with Crippen LogP contribution in [0.5, 0.6) is 0 Å². The Morgan fingerprint density at radius 2 is 1.88 bits per heavy atom. The molecule has 1 amide bonds. The summed E-state index contributed by atoms with van der Waals surface area (Å²) in [6, 6.07) is 13.3. The molecule has 2 aromatic heterocycles. The van der Waals surface area contributed by atoms with Crippen LogP contribution in [-0.4, -0.2) is 62.6 Å². The van der Waals surface area contributed by atoms with Gasteiger partial charge in [0.25, 0.3) is 5.91 Å². The van der Waals surface area contributed by atoms with Crippen LogP contribution in [0.15, 0.2) is 46.9 Å². The molecule has 0 radical (unpaired) electrons. The first-order valence-corrected chi connectivity index (χ1v) is 11.0. The zero-order chi connectivity index (χ0) is 21.7. The smallest absolute Gasteiger partial charge is 0.318 e. The second kappa shape index (κ2) is 7.59. The van der Waals surface area contributed by atoms with E-state index in [1.807, 2.05) is 29.2 Å². The number of aromatic nitrogens is 5. The topological polar surface area (TPSA) is 104 Å². The van der Waals surface area contributed by atoms with Gasteiger partial charge in [-0.05, 0) is 60.7 Å². The van der Waals surface area contributed by atoms with E-state index in [0.29, 0.717) is 39.8 Å². The molecule has 1 N–H and O–H groups in total. The molecule has 0 saturated carbocycles. The van der Waals surface area contributed by atoms with Gasteiger partial charge in [0, 0.05) is 42.3 Å². The van der Waals surface area contributed by atoms with Crippen molar-refractivity contribution in [3.05, 3.63) is 53.1 Å². The Morgan fingerprint density at radius 3 is 2.75 bits per heavy atom. The van der Waals surface area contributed by atoms with Crippen molar-refractivity contribution in [2.24, 2.45) is 11.8 Å². The van der Waals surface area contributed by atoms with Gasteiger partial charge < -0.3 is 14.2 Å². The van der Waals surface area contributed by atoms with Crippen molar-refractivity contribution >= 4 is 34.6 Å². The first kappa shape index (κ1) is 19.2. The highest BCUT2D eigenvalue weighted by Crippen LogP contribution is 2.35. The number of H-pyrrole nitrogens is 1. The second-order valence-electron chi connectivity index (χ2n) is 8.41. The Labute approximate surface area is 188 Å². The molecule has 32 heavy (non-hydrogen) atoms. The van der Waals surface area contributed by atoms with E-state index < -0.39 is 0 Å². The van der Waals surface area contributed by atoms with Crippen LogP contribution in [-0.2, 0) is 0 Å². The van der Waals surface area contributed by atoms with Gasteiger partial charge in [0.15, 0.2) is 0 Å². The fourth-order valence-corrected chi connectivity index (χ4v) is 4.84. The number of aromatic amines is 1. The Morgan fingerprint density at radius 1 is 1.03 bits per heavy atom. The first-order chi connectivity index (χ1) is 15.6. The highest BCUT2D eigenvalue weighted by Gasteiger charge is 2.40. The molecule has 4 aromatic rings. The molecule has 1 unspecified atom stereocenters. The standard InChI is InChI=1S/C22H20ClN7O2/c23-17-4-1-13(2-5-17)20-26-27-22(32-20)30-10-15-7-8-29(11-16(15)12-30)21(31)14-3-6-18-19(9-14)25-28-24-18/h1-6,9,15-16H,7-8,10-12H2,(H,24,25,28)/t15?,16-/m1/s1. The lowest BCUT2D eigenvalue weighted by Gasteiger charge is -2.34. The summed E-state index contributed by atoms with van der Waals surface area (Å²) in [5.41, 5.74) is 3.00. The van der Waals surface area contributed by atoms with E-state index in [9.17, 15) is 4.79 Å². The van der Waals surface area contributed by atoms with Crippen LogP contribution in [0, 0.1) is 11.8 Å². The Bertz CT molecular complexity index is 1280. The van der Waals surface area contributed by atoms with Gasteiger partial charge in [-0.15, -0.1) is 10.2 Å². The van der Waals surface area contributed by atoms with E-state index >= 15 is 0 Å². The minimum atomic E-state index is 0.0367. The summed E-state index contributed by atoms with van der Waals surface area (Å²) in [6.07, 6.45) is 0.956. The molecule has 2 aliphatic rings. The van der Waals surface area contributed by atoms with Crippen molar-refractivity contribution in [3.63, 3.8) is 0 Å². The van der Waals surface area contributed by atoms with Crippen molar-refractivity contribution in [2.45, 2.75) is 6.42 Å². The molecular formula is C22H20ClN7O2. The molecular weight excluding hydrogens is 430 g/mol. The number of fused-ring (bicyclic) bond motifs is 2. The molecule has 0 bridgehead atoms. The average Bonchev–Trinajstić information content (AvgIpc) is 3.57. The third-order valence-electron chi connectivity index (χ3n) is 6.44. The summed E-state index contributed by atoms with van der Waals surface area (Å²) in [6.45, 7) is 3.11. The molecule has 2 fully saturated rings. The lowest BCUT2D eigenvalue weighted by molar-refractivity contribution is 0.0642. The van der Waals surface area contributed by atoms with Crippen LogP contribution in [0.1, 0.15) is 16.8 Å². The fraction of sp³-hybridized carbons (Fsp3) is 0.318. The van der Waals surface area contributed by atoms with E-state index in [0.717, 1.165) is 43.7 Å². The molecule has 10 heteroatoms. The Hall–Kier alpha value is -3.46. The summed E-state index contributed by atoms with van der Waals surface area (Å²) in [7, 11) is 0. The number of carbonyl (C=O) groups excluding carboxylic acids is 1. The number of benzene rings is 2. The van der Waals surface area contributed by atoms with Crippen LogP contribution < -0.4 is 4.90 Å². The molecule has 0 spiro atoms. The molecule has 2 saturated heterocycles. The van der Waals surface area contributed by atoms with E-state index in [2.05, 4.69) is 30.5 Å². The van der Waals surface area contributed by atoms with E-state index in [1.165, 1.54) is 0 Å².